The van der Waals surface area contributed by atoms with Gasteiger partial charge in [0.25, 0.3) is 15.9 Å². The maximum atomic E-state index is 12.8. The summed E-state index contributed by atoms with van der Waals surface area (Å²) in [6, 6.07) is 14.7. The number of halogens is 1. The number of amides is 1. The first kappa shape index (κ1) is 21.8. The van der Waals surface area contributed by atoms with Gasteiger partial charge in [-0.05, 0) is 70.9 Å². The van der Waals surface area contributed by atoms with Gasteiger partial charge < -0.3 is 10.2 Å². The second-order valence-corrected chi connectivity index (χ2v) is 9.41. The summed E-state index contributed by atoms with van der Waals surface area (Å²) in [6.07, 6.45) is 1.55. The third-order valence-electron chi connectivity index (χ3n) is 4.24. The van der Waals surface area contributed by atoms with Crippen molar-refractivity contribution in [2.45, 2.75) is 11.8 Å². The van der Waals surface area contributed by atoms with Crippen LogP contribution in [0.1, 0.15) is 15.9 Å². The highest BCUT2D eigenvalue weighted by molar-refractivity contribution is 9.10. The quantitative estimate of drug-likeness (QED) is 0.540. The lowest BCUT2D eigenvalue weighted by Gasteiger charge is -2.13. The van der Waals surface area contributed by atoms with Crippen molar-refractivity contribution in [3.8, 4) is 0 Å². The molecule has 0 aliphatic rings. The number of carbonyl (C=O) groups is 1. The Morgan fingerprint density at radius 1 is 1.07 bits per heavy atom. The van der Waals surface area contributed by atoms with E-state index >= 15 is 0 Å². The Kier molecular flexibility index (Phi) is 6.42. The van der Waals surface area contributed by atoms with Crippen molar-refractivity contribution in [3.05, 3.63) is 76.4 Å². The lowest BCUT2D eigenvalue weighted by atomic mass is 10.2. The Labute approximate surface area is 184 Å². The molecule has 0 radical (unpaired) electrons. The summed E-state index contributed by atoms with van der Waals surface area (Å²) in [5.41, 5.74) is 2.08. The first-order chi connectivity index (χ1) is 14.2. The molecule has 156 valence electrons. The van der Waals surface area contributed by atoms with Gasteiger partial charge in [0.15, 0.2) is 0 Å². The third-order valence-corrected chi connectivity index (χ3v) is 6.29. The zero-order valence-electron chi connectivity index (χ0n) is 16.7. The van der Waals surface area contributed by atoms with Gasteiger partial charge in [-0.25, -0.2) is 13.4 Å². The van der Waals surface area contributed by atoms with Crippen LogP contribution in [0.5, 0.6) is 0 Å². The molecule has 1 aromatic heterocycles. The van der Waals surface area contributed by atoms with Gasteiger partial charge in [-0.1, -0.05) is 12.1 Å². The van der Waals surface area contributed by atoms with Crippen LogP contribution in [0, 0.1) is 6.92 Å². The topological polar surface area (TPSA) is 91.4 Å². The van der Waals surface area contributed by atoms with E-state index < -0.39 is 15.9 Å². The van der Waals surface area contributed by atoms with Crippen LogP contribution in [0.4, 0.5) is 17.2 Å². The maximum absolute atomic E-state index is 12.8. The molecular weight excluding hydrogens is 468 g/mol. The minimum atomic E-state index is -3.87. The molecule has 0 unspecified atom stereocenters. The largest absolute Gasteiger partial charge is 0.363 e. The number of sulfonamides is 1. The molecular formula is C21H21BrN4O3S. The molecule has 1 amide bonds. The Hall–Kier alpha value is -2.91. The SMILES string of the molecule is Cc1ccc(Br)c(NS(=O)(=O)c2cccc(C(=O)Nc3ccc(N(C)C)nc3)c2)c1. The molecule has 0 aliphatic heterocycles. The van der Waals surface area contributed by atoms with Crippen LogP contribution in [0.15, 0.2) is 70.2 Å². The molecule has 2 N–H and O–H groups in total. The molecule has 2 aromatic carbocycles. The van der Waals surface area contributed by atoms with Gasteiger partial charge >= 0.3 is 0 Å². The summed E-state index contributed by atoms with van der Waals surface area (Å²) in [5.74, 6) is 0.331. The first-order valence-corrected chi connectivity index (χ1v) is 11.3. The van der Waals surface area contributed by atoms with Crippen LogP contribution >= 0.6 is 15.9 Å². The van der Waals surface area contributed by atoms with E-state index in [-0.39, 0.29) is 10.5 Å². The van der Waals surface area contributed by atoms with Crippen molar-refractivity contribution in [2.75, 3.05) is 29.0 Å². The molecule has 0 aliphatic carbocycles. The molecule has 3 rings (SSSR count). The number of nitrogens with one attached hydrogen (secondary N) is 2. The summed E-state index contributed by atoms with van der Waals surface area (Å²) in [6.45, 7) is 1.87. The third kappa shape index (κ3) is 5.17. The van der Waals surface area contributed by atoms with E-state index in [1.807, 2.05) is 32.0 Å². The fourth-order valence-electron chi connectivity index (χ4n) is 2.65. The number of aryl methyl sites for hydroxylation is 1. The second-order valence-electron chi connectivity index (χ2n) is 6.87. The Balaban J connectivity index is 1.80. The fourth-order valence-corrected chi connectivity index (χ4v) is 4.25. The highest BCUT2D eigenvalue weighted by Gasteiger charge is 2.18. The van der Waals surface area contributed by atoms with Crippen molar-refractivity contribution in [2.24, 2.45) is 0 Å². The minimum Gasteiger partial charge on any atom is -0.363 e. The molecule has 0 saturated carbocycles. The van der Waals surface area contributed by atoms with Gasteiger partial charge in [0.2, 0.25) is 0 Å². The first-order valence-electron chi connectivity index (χ1n) is 8.99. The van der Waals surface area contributed by atoms with Crippen molar-refractivity contribution in [1.82, 2.24) is 4.98 Å². The maximum Gasteiger partial charge on any atom is 0.261 e. The number of hydrogen-bond acceptors (Lipinski definition) is 5. The molecule has 0 spiro atoms. The summed E-state index contributed by atoms with van der Waals surface area (Å²) < 4.78 is 28.8. The van der Waals surface area contributed by atoms with Crippen molar-refractivity contribution in [3.63, 3.8) is 0 Å². The fraction of sp³-hybridized carbons (Fsp3) is 0.143. The van der Waals surface area contributed by atoms with Gasteiger partial charge in [0.1, 0.15) is 5.82 Å². The molecule has 0 saturated heterocycles. The highest BCUT2D eigenvalue weighted by Crippen LogP contribution is 2.26. The van der Waals surface area contributed by atoms with Crippen molar-refractivity contribution in [1.29, 1.82) is 0 Å². The summed E-state index contributed by atoms with van der Waals surface area (Å²) in [7, 11) is -0.133. The number of hydrogen-bond donors (Lipinski definition) is 2. The molecule has 9 heteroatoms. The van der Waals surface area contributed by atoms with Crippen molar-refractivity contribution >= 4 is 49.1 Å². The molecule has 1 heterocycles. The summed E-state index contributed by atoms with van der Waals surface area (Å²) >= 11 is 3.34. The predicted molar refractivity (Wildman–Crippen MR) is 123 cm³/mol. The van der Waals surface area contributed by atoms with Crippen LogP contribution < -0.4 is 14.9 Å². The van der Waals surface area contributed by atoms with Gasteiger partial charge in [-0.15, -0.1) is 0 Å². The minimum absolute atomic E-state index is 0.00960. The van der Waals surface area contributed by atoms with E-state index in [4.69, 9.17) is 0 Å². The number of benzene rings is 2. The number of carbonyl (C=O) groups excluding carboxylic acids is 1. The standard InChI is InChI=1S/C21H21BrN4O3S/c1-14-7-9-18(22)19(11-14)25-30(28,29)17-6-4-5-15(12-17)21(27)24-16-8-10-20(23-13-16)26(2)3/h4-13,25H,1-3H3,(H,24,27). The zero-order valence-corrected chi connectivity index (χ0v) is 19.1. The molecule has 0 bridgehead atoms. The van der Waals surface area contributed by atoms with Crippen LogP contribution in [0.2, 0.25) is 0 Å². The lowest BCUT2D eigenvalue weighted by molar-refractivity contribution is 0.102. The lowest BCUT2D eigenvalue weighted by Crippen LogP contribution is -2.16. The van der Waals surface area contributed by atoms with E-state index in [0.717, 1.165) is 11.4 Å². The highest BCUT2D eigenvalue weighted by atomic mass is 79.9. The molecule has 7 nitrogen and oxygen atoms in total. The average molecular weight is 489 g/mol. The van der Waals surface area contributed by atoms with E-state index in [1.165, 1.54) is 18.2 Å². The van der Waals surface area contributed by atoms with Crippen LogP contribution in [-0.4, -0.2) is 33.4 Å². The molecule has 30 heavy (non-hydrogen) atoms. The number of pyridine rings is 1. The van der Waals surface area contributed by atoms with E-state index in [1.54, 1.807) is 36.5 Å². The van der Waals surface area contributed by atoms with Crippen LogP contribution in [0.3, 0.4) is 0 Å². The van der Waals surface area contributed by atoms with Crippen LogP contribution in [0.25, 0.3) is 0 Å². The Morgan fingerprint density at radius 3 is 2.50 bits per heavy atom. The van der Waals surface area contributed by atoms with Gasteiger partial charge in [-0.2, -0.15) is 0 Å². The van der Waals surface area contributed by atoms with E-state index in [2.05, 4.69) is 31.0 Å². The second kappa shape index (κ2) is 8.85. The number of nitrogens with zero attached hydrogens (tertiary/aromatic N) is 2. The van der Waals surface area contributed by atoms with Crippen molar-refractivity contribution < 1.29 is 13.2 Å². The molecule has 3 aromatic rings. The predicted octanol–water partition coefficient (Wildman–Crippen LogP) is 4.27. The smallest absolute Gasteiger partial charge is 0.261 e. The van der Waals surface area contributed by atoms with Crippen LogP contribution in [-0.2, 0) is 10.0 Å². The monoisotopic (exact) mass is 488 g/mol. The Morgan fingerprint density at radius 2 is 1.83 bits per heavy atom. The number of anilines is 3. The van der Waals surface area contributed by atoms with Gasteiger partial charge in [-0.3, -0.25) is 9.52 Å². The molecule has 0 fully saturated rings. The average Bonchev–Trinajstić information content (AvgIpc) is 2.71. The zero-order chi connectivity index (χ0) is 21.9. The van der Waals surface area contributed by atoms with E-state index in [9.17, 15) is 13.2 Å². The number of rotatable bonds is 6. The normalized spacial score (nSPS) is 11.1. The van der Waals surface area contributed by atoms with Gasteiger partial charge in [0, 0.05) is 24.1 Å². The van der Waals surface area contributed by atoms with E-state index in [0.29, 0.717) is 15.8 Å². The summed E-state index contributed by atoms with van der Waals surface area (Å²) in [5, 5.41) is 2.73. The molecule has 0 atom stereocenters. The Bertz CT molecular complexity index is 1180. The van der Waals surface area contributed by atoms with Gasteiger partial charge in [0.05, 0.1) is 22.5 Å². The summed E-state index contributed by atoms with van der Waals surface area (Å²) in [4.78, 5) is 18.7. The number of aromatic nitrogens is 1.